The lowest BCUT2D eigenvalue weighted by molar-refractivity contribution is -0.137. The van der Waals surface area contributed by atoms with Crippen LogP contribution in [0.2, 0.25) is 0 Å². The third-order valence-corrected chi connectivity index (χ3v) is 3.75. The molecule has 4 heteroatoms. The van der Waals surface area contributed by atoms with Crippen molar-refractivity contribution in [1.82, 2.24) is 9.61 Å². The van der Waals surface area contributed by atoms with Gasteiger partial charge in [0, 0.05) is 23.4 Å². The first kappa shape index (κ1) is 16.0. The number of pyridine rings is 1. The summed E-state index contributed by atoms with van der Waals surface area (Å²) in [5.74, 6) is -0.322. The molecule has 1 aromatic carbocycles. The number of carbonyl (C=O) groups excluding carboxylic acids is 1. The highest BCUT2D eigenvalue weighted by Gasteiger charge is 2.12. The van der Waals surface area contributed by atoms with Crippen molar-refractivity contribution >= 4 is 17.6 Å². The van der Waals surface area contributed by atoms with Gasteiger partial charge in [0.25, 0.3) is 0 Å². The maximum atomic E-state index is 11.9. The van der Waals surface area contributed by atoms with E-state index in [9.17, 15) is 4.79 Å². The number of benzene rings is 1. The number of ether oxygens (including phenoxy) is 1. The van der Waals surface area contributed by atoms with Crippen LogP contribution in [0.1, 0.15) is 25.3 Å². The van der Waals surface area contributed by atoms with Crippen molar-refractivity contribution in [3.8, 4) is 11.3 Å². The molecule has 0 bridgehead atoms. The van der Waals surface area contributed by atoms with E-state index in [1.807, 2.05) is 59.2 Å². The van der Waals surface area contributed by atoms with Gasteiger partial charge in [-0.15, -0.1) is 0 Å². The van der Waals surface area contributed by atoms with Crippen LogP contribution in [0.4, 0.5) is 0 Å². The van der Waals surface area contributed by atoms with Crippen molar-refractivity contribution in [3.05, 3.63) is 66.4 Å². The summed E-state index contributed by atoms with van der Waals surface area (Å²) < 4.78 is 7.01. The highest BCUT2D eigenvalue weighted by Crippen LogP contribution is 2.27. The van der Waals surface area contributed by atoms with Gasteiger partial charge in [0.05, 0.1) is 12.1 Å². The first-order chi connectivity index (χ1) is 11.8. The molecule has 0 saturated carbocycles. The summed E-state index contributed by atoms with van der Waals surface area (Å²) in [6.45, 7) is 2.52. The Hall–Kier alpha value is -2.88. The van der Waals surface area contributed by atoms with Gasteiger partial charge in [0.2, 0.25) is 0 Å². The second kappa shape index (κ2) is 7.59. The molecular weight excluding hydrogens is 300 g/mol. The van der Waals surface area contributed by atoms with Gasteiger partial charge in [-0.25, -0.2) is 9.31 Å². The molecule has 0 aliphatic carbocycles. The minimum atomic E-state index is -0.322. The average Bonchev–Trinajstić information content (AvgIpc) is 2.99. The standard InChI is InChI=1S/C20H20N2O2/c1-2-3-15-24-19(23)13-12-17-18-11-7-8-14-22(18)21-20(17)16-9-5-4-6-10-16/h4-14H,2-3,15H2,1H3. The lowest BCUT2D eigenvalue weighted by atomic mass is 10.1. The smallest absolute Gasteiger partial charge is 0.330 e. The monoisotopic (exact) mass is 320 g/mol. The zero-order valence-corrected chi connectivity index (χ0v) is 13.7. The minimum Gasteiger partial charge on any atom is -0.463 e. The maximum absolute atomic E-state index is 11.9. The molecule has 0 fully saturated rings. The van der Waals surface area contributed by atoms with Gasteiger partial charge < -0.3 is 4.74 Å². The SMILES string of the molecule is CCCCOC(=O)C=Cc1c(-c2ccccc2)nn2ccccc12. The van der Waals surface area contributed by atoms with Crippen molar-refractivity contribution in [2.45, 2.75) is 19.8 Å². The van der Waals surface area contributed by atoms with E-state index < -0.39 is 0 Å². The molecule has 0 aliphatic heterocycles. The summed E-state index contributed by atoms with van der Waals surface area (Å²) in [6, 6.07) is 15.8. The molecule has 0 spiro atoms. The van der Waals surface area contributed by atoms with E-state index in [1.165, 1.54) is 6.08 Å². The third-order valence-electron chi connectivity index (χ3n) is 3.75. The Labute approximate surface area is 141 Å². The van der Waals surface area contributed by atoms with Crippen molar-refractivity contribution in [1.29, 1.82) is 0 Å². The molecule has 0 aliphatic rings. The number of esters is 1. The molecule has 0 unspecified atom stereocenters. The number of fused-ring (bicyclic) bond motifs is 1. The molecule has 4 nitrogen and oxygen atoms in total. The molecule has 0 N–H and O–H groups in total. The molecule has 2 aromatic heterocycles. The quantitative estimate of drug-likeness (QED) is 0.385. The molecule has 0 radical (unpaired) electrons. The lowest BCUT2D eigenvalue weighted by Gasteiger charge is -2.00. The molecule has 0 atom stereocenters. The highest BCUT2D eigenvalue weighted by molar-refractivity contribution is 5.92. The fourth-order valence-corrected chi connectivity index (χ4v) is 2.51. The number of hydrogen-bond donors (Lipinski definition) is 0. The van der Waals surface area contributed by atoms with Gasteiger partial charge in [-0.05, 0) is 24.6 Å². The number of unbranched alkanes of at least 4 members (excludes halogenated alkanes) is 1. The lowest BCUT2D eigenvalue weighted by Crippen LogP contribution is -2.01. The predicted octanol–water partition coefficient (Wildman–Crippen LogP) is 4.36. The van der Waals surface area contributed by atoms with Crippen LogP contribution in [-0.2, 0) is 9.53 Å². The van der Waals surface area contributed by atoms with Crippen LogP contribution in [0.3, 0.4) is 0 Å². The van der Waals surface area contributed by atoms with E-state index in [-0.39, 0.29) is 5.97 Å². The summed E-state index contributed by atoms with van der Waals surface area (Å²) in [4.78, 5) is 11.9. The Kier molecular flexibility index (Phi) is 5.06. The Morgan fingerprint density at radius 1 is 1.17 bits per heavy atom. The maximum Gasteiger partial charge on any atom is 0.330 e. The summed E-state index contributed by atoms with van der Waals surface area (Å²) >= 11 is 0. The van der Waals surface area contributed by atoms with E-state index in [4.69, 9.17) is 4.74 Å². The summed E-state index contributed by atoms with van der Waals surface area (Å²) in [6.07, 6.45) is 7.05. The first-order valence-corrected chi connectivity index (χ1v) is 8.17. The molecule has 122 valence electrons. The molecule has 0 amide bonds. The van der Waals surface area contributed by atoms with Crippen LogP contribution in [0.25, 0.3) is 22.9 Å². The Morgan fingerprint density at radius 2 is 1.96 bits per heavy atom. The van der Waals surface area contributed by atoms with Crippen LogP contribution in [0, 0.1) is 0 Å². The fourth-order valence-electron chi connectivity index (χ4n) is 2.51. The summed E-state index contributed by atoms with van der Waals surface area (Å²) in [5.41, 5.74) is 3.72. The van der Waals surface area contributed by atoms with Crippen LogP contribution >= 0.6 is 0 Å². The number of aromatic nitrogens is 2. The van der Waals surface area contributed by atoms with Crippen molar-refractivity contribution in [2.24, 2.45) is 0 Å². The van der Waals surface area contributed by atoms with E-state index in [2.05, 4.69) is 12.0 Å². The van der Waals surface area contributed by atoms with E-state index in [0.717, 1.165) is 35.2 Å². The highest BCUT2D eigenvalue weighted by atomic mass is 16.5. The van der Waals surface area contributed by atoms with Crippen LogP contribution < -0.4 is 0 Å². The van der Waals surface area contributed by atoms with Crippen molar-refractivity contribution < 1.29 is 9.53 Å². The summed E-state index contributed by atoms with van der Waals surface area (Å²) in [7, 11) is 0. The Morgan fingerprint density at radius 3 is 2.75 bits per heavy atom. The van der Waals surface area contributed by atoms with Crippen LogP contribution in [0.5, 0.6) is 0 Å². The third kappa shape index (κ3) is 3.54. The molecule has 2 heterocycles. The van der Waals surface area contributed by atoms with E-state index in [1.54, 1.807) is 6.08 Å². The van der Waals surface area contributed by atoms with Gasteiger partial charge >= 0.3 is 5.97 Å². The Bertz CT molecular complexity index is 850. The van der Waals surface area contributed by atoms with Crippen LogP contribution in [-0.4, -0.2) is 22.2 Å². The van der Waals surface area contributed by atoms with Gasteiger partial charge in [-0.3, -0.25) is 0 Å². The van der Waals surface area contributed by atoms with Gasteiger partial charge in [-0.1, -0.05) is 49.7 Å². The van der Waals surface area contributed by atoms with Gasteiger partial charge in [0.1, 0.15) is 5.69 Å². The fraction of sp³-hybridized carbons (Fsp3) is 0.200. The zero-order valence-electron chi connectivity index (χ0n) is 13.7. The zero-order chi connectivity index (χ0) is 16.8. The average molecular weight is 320 g/mol. The largest absolute Gasteiger partial charge is 0.463 e. The van der Waals surface area contributed by atoms with E-state index >= 15 is 0 Å². The number of rotatable bonds is 6. The molecule has 0 saturated heterocycles. The van der Waals surface area contributed by atoms with Gasteiger partial charge in [0.15, 0.2) is 0 Å². The molecule has 24 heavy (non-hydrogen) atoms. The second-order valence-electron chi connectivity index (χ2n) is 5.51. The topological polar surface area (TPSA) is 43.6 Å². The Balaban J connectivity index is 1.95. The van der Waals surface area contributed by atoms with E-state index in [0.29, 0.717) is 6.61 Å². The van der Waals surface area contributed by atoms with Crippen molar-refractivity contribution in [3.63, 3.8) is 0 Å². The first-order valence-electron chi connectivity index (χ1n) is 8.17. The minimum absolute atomic E-state index is 0.322. The summed E-state index contributed by atoms with van der Waals surface area (Å²) in [5, 5.41) is 4.65. The van der Waals surface area contributed by atoms with Gasteiger partial charge in [-0.2, -0.15) is 5.10 Å². The number of hydrogen-bond acceptors (Lipinski definition) is 3. The predicted molar refractivity (Wildman–Crippen MR) is 95.5 cm³/mol. The number of carbonyl (C=O) groups is 1. The molecular formula is C20H20N2O2. The van der Waals surface area contributed by atoms with Crippen molar-refractivity contribution in [2.75, 3.05) is 6.61 Å². The molecule has 3 aromatic rings. The molecule has 3 rings (SSSR count). The van der Waals surface area contributed by atoms with Crippen LogP contribution in [0.15, 0.2) is 60.8 Å². The number of nitrogens with zero attached hydrogens (tertiary/aromatic N) is 2. The normalized spacial score (nSPS) is 11.2. The second-order valence-corrected chi connectivity index (χ2v) is 5.51.